The maximum absolute atomic E-state index is 12.5. The second-order valence-electron chi connectivity index (χ2n) is 9.97. The van der Waals surface area contributed by atoms with Crippen LogP contribution in [0.1, 0.15) is 50.8 Å². The van der Waals surface area contributed by atoms with E-state index in [-0.39, 0.29) is 6.03 Å². The highest BCUT2D eigenvalue weighted by Crippen LogP contribution is 2.21. The van der Waals surface area contributed by atoms with Crippen LogP contribution < -0.4 is 20.1 Å². The number of pyridine rings is 1. The lowest BCUT2D eigenvalue weighted by atomic mass is 10.1. The van der Waals surface area contributed by atoms with Gasteiger partial charge in [0.1, 0.15) is 30.0 Å². The van der Waals surface area contributed by atoms with E-state index in [4.69, 9.17) is 14.5 Å². The Balaban J connectivity index is 1.54. The lowest BCUT2D eigenvalue weighted by Crippen LogP contribution is -2.49. The van der Waals surface area contributed by atoms with E-state index >= 15 is 0 Å². The van der Waals surface area contributed by atoms with Gasteiger partial charge in [0.05, 0.1) is 7.11 Å². The van der Waals surface area contributed by atoms with Crippen LogP contribution in [0.4, 0.5) is 10.6 Å². The summed E-state index contributed by atoms with van der Waals surface area (Å²) in [4.78, 5) is 33.0. The highest BCUT2D eigenvalue weighted by molar-refractivity contribution is 5.82. The summed E-state index contributed by atoms with van der Waals surface area (Å²) in [6.07, 6.45) is 5.33. The first kappa shape index (κ1) is 31.0. The molecule has 0 saturated heterocycles. The van der Waals surface area contributed by atoms with Crippen molar-refractivity contribution in [3.63, 3.8) is 0 Å². The maximum Gasteiger partial charge on any atom is 0.326 e. The van der Waals surface area contributed by atoms with Gasteiger partial charge in [-0.05, 0) is 82.7 Å². The summed E-state index contributed by atoms with van der Waals surface area (Å²) in [6.45, 7) is 8.18. The molecule has 1 aromatic heterocycles. The van der Waals surface area contributed by atoms with Crippen molar-refractivity contribution in [1.82, 2.24) is 20.1 Å². The molecule has 0 aliphatic carbocycles. The number of rotatable bonds is 17. The lowest BCUT2D eigenvalue weighted by Gasteiger charge is -2.26. The zero-order valence-corrected chi connectivity index (χ0v) is 24.2. The number of nitrogens with one attached hydrogen (secondary N) is 2. The van der Waals surface area contributed by atoms with Gasteiger partial charge in [0.2, 0.25) is 0 Å². The Bertz CT molecular complexity index is 1080. The van der Waals surface area contributed by atoms with Gasteiger partial charge >= 0.3 is 12.0 Å². The number of fused-ring (bicyclic) bond motifs is 1. The number of benzene rings is 1. The number of ether oxygens (including phenoxy) is 2. The molecule has 1 aromatic carbocycles. The van der Waals surface area contributed by atoms with Crippen LogP contribution in [0.3, 0.4) is 0 Å². The number of aromatic nitrogens is 1. The van der Waals surface area contributed by atoms with E-state index in [0.717, 1.165) is 68.2 Å². The molecular weight excluding hydrogens is 510 g/mol. The summed E-state index contributed by atoms with van der Waals surface area (Å²) < 4.78 is 11.2. The minimum atomic E-state index is -1.03. The van der Waals surface area contributed by atoms with Gasteiger partial charge in [-0.1, -0.05) is 12.1 Å². The molecule has 10 heteroatoms. The smallest absolute Gasteiger partial charge is 0.326 e. The number of carboxylic acid groups (broad SMARTS) is 1. The van der Waals surface area contributed by atoms with Gasteiger partial charge in [0.15, 0.2) is 0 Å². The van der Waals surface area contributed by atoms with E-state index in [1.54, 1.807) is 12.0 Å². The van der Waals surface area contributed by atoms with Gasteiger partial charge < -0.3 is 30.1 Å². The van der Waals surface area contributed by atoms with Crippen molar-refractivity contribution in [3.8, 4) is 11.5 Å². The number of amides is 2. The third-order valence-electron chi connectivity index (χ3n) is 7.21. The highest BCUT2D eigenvalue weighted by Gasteiger charge is 2.23. The van der Waals surface area contributed by atoms with Crippen molar-refractivity contribution >= 4 is 17.8 Å². The number of aryl methyl sites for hydroxylation is 2. The first-order chi connectivity index (χ1) is 19.4. The minimum Gasteiger partial charge on any atom is -0.497 e. The van der Waals surface area contributed by atoms with E-state index in [2.05, 4.69) is 27.7 Å². The molecule has 2 aromatic rings. The summed E-state index contributed by atoms with van der Waals surface area (Å²) in [5.74, 6) is 1.45. The fourth-order valence-electron chi connectivity index (χ4n) is 4.79. The Morgan fingerprint density at radius 2 is 1.90 bits per heavy atom. The van der Waals surface area contributed by atoms with Crippen molar-refractivity contribution in [1.29, 1.82) is 0 Å². The number of methoxy groups -OCH3 is 1. The third kappa shape index (κ3) is 9.89. The van der Waals surface area contributed by atoms with Crippen LogP contribution in [0.25, 0.3) is 0 Å². The van der Waals surface area contributed by atoms with Gasteiger partial charge in [-0.25, -0.2) is 14.6 Å². The van der Waals surface area contributed by atoms with Gasteiger partial charge in [0.25, 0.3) is 0 Å². The normalized spacial score (nSPS) is 13.2. The van der Waals surface area contributed by atoms with Crippen molar-refractivity contribution in [2.45, 2.75) is 58.4 Å². The minimum absolute atomic E-state index is 0.305. The van der Waals surface area contributed by atoms with Gasteiger partial charge in [-0.15, -0.1) is 0 Å². The number of unbranched alkanes of at least 4 members (excludes halogenated alkanes) is 1. The predicted molar refractivity (Wildman–Crippen MR) is 156 cm³/mol. The van der Waals surface area contributed by atoms with Crippen molar-refractivity contribution in [2.24, 2.45) is 0 Å². The van der Waals surface area contributed by atoms with E-state index in [1.807, 2.05) is 38.1 Å². The summed E-state index contributed by atoms with van der Waals surface area (Å²) in [5, 5.41) is 15.8. The Morgan fingerprint density at radius 1 is 1.10 bits per heavy atom. The van der Waals surface area contributed by atoms with Gasteiger partial charge in [-0.2, -0.15) is 0 Å². The molecule has 220 valence electrons. The van der Waals surface area contributed by atoms with Gasteiger partial charge in [-0.3, -0.25) is 4.90 Å². The summed E-state index contributed by atoms with van der Waals surface area (Å²) in [7, 11) is 1.62. The molecule has 1 aliphatic rings. The van der Waals surface area contributed by atoms with Crippen LogP contribution in [0, 0.1) is 0 Å². The zero-order chi connectivity index (χ0) is 28.7. The number of urea groups is 1. The Morgan fingerprint density at radius 3 is 2.65 bits per heavy atom. The average Bonchev–Trinajstić information content (AvgIpc) is 2.97. The quantitative estimate of drug-likeness (QED) is 0.251. The molecule has 0 bridgehead atoms. The highest BCUT2D eigenvalue weighted by atomic mass is 16.5. The number of carbonyl (C=O) groups excluding carboxylic acids is 1. The molecule has 0 saturated carbocycles. The number of hydrogen-bond acceptors (Lipinski definition) is 7. The summed E-state index contributed by atoms with van der Waals surface area (Å²) in [5.41, 5.74) is 2.38. The van der Waals surface area contributed by atoms with E-state index in [0.29, 0.717) is 39.2 Å². The number of carbonyl (C=O) groups is 2. The summed E-state index contributed by atoms with van der Waals surface area (Å²) >= 11 is 0. The predicted octanol–water partition coefficient (Wildman–Crippen LogP) is 4.05. The molecule has 40 heavy (non-hydrogen) atoms. The monoisotopic (exact) mass is 555 g/mol. The molecule has 0 radical (unpaired) electrons. The molecule has 2 heterocycles. The first-order valence-corrected chi connectivity index (χ1v) is 14.4. The Hall–Kier alpha value is -3.53. The molecule has 2 amide bonds. The average molecular weight is 556 g/mol. The fraction of sp³-hybridized carbons (Fsp3) is 0.567. The van der Waals surface area contributed by atoms with E-state index < -0.39 is 12.0 Å². The van der Waals surface area contributed by atoms with Crippen molar-refractivity contribution in [3.05, 3.63) is 47.7 Å². The molecule has 1 unspecified atom stereocenters. The van der Waals surface area contributed by atoms with Crippen LogP contribution in [-0.2, 0) is 17.6 Å². The van der Waals surface area contributed by atoms with Crippen molar-refractivity contribution in [2.75, 3.05) is 58.3 Å². The van der Waals surface area contributed by atoms with Crippen LogP contribution >= 0.6 is 0 Å². The molecule has 3 N–H and O–H groups in total. The second kappa shape index (κ2) is 16.5. The third-order valence-corrected chi connectivity index (χ3v) is 7.21. The molecule has 3 rings (SSSR count). The SMILES string of the molecule is CCN(CC)C(=O)NC(CCN(CCCCc1ccc2c(n1)NCCC2)CCOc1cccc(OC)c1)C(=O)O. The van der Waals surface area contributed by atoms with Crippen molar-refractivity contribution < 1.29 is 24.2 Å². The number of nitrogens with zero attached hydrogens (tertiary/aromatic N) is 3. The fourth-order valence-corrected chi connectivity index (χ4v) is 4.79. The van der Waals surface area contributed by atoms with E-state index in [9.17, 15) is 14.7 Å². The molecule has 0 fully saturated rings. The topological polar surface area (TPSA) is 116 Å². The second-order valence-corrected chi connectivity index (χ2v) is 9.97. The zero-order valence-electron chi connectivity index (χ0n) is 24.2. The maximum atomic E-state index is 12.5. The standard InChI is InChI=1S/C30H45N5O5/c1-4-35(5-2)30(38)33-27(29(36)37)16-19-34(20-21-40-26-13-8-12-25(22-26)39-3)18-7-6-11-24-15-14-23-10-9-17-31-28(23)32-24/h8,12-15,22,27H,4-7,9-11,16-21H2,1-3H3,(H,31,32)(H,33,38)(H,36,37). The van der Waals surface area contributed by atoms with Crippen LogP contribution in [-0.4, -0.2) is 90.9 Å². The molecule has 10 nitrogen and oxygen atoms in total. The Labute approximate surface area is 238 Å². The molecule has 1 aliphatic heterocycles. The molecule has 0 spiro atoms. The first-order valence-electron chi connectivity index (χ1n) is 14.4. The number of aliphatic carboxylic acids is 1. The van der Waals surface area contributed by atoms with Crippen LogP contribution in [0.2, 0.25) is 0 Å². The lowest BCUT2D eigenvalue weighted by molar-refractivity contribution is -0.139. The van der Waals surface area contributed by atoms with Crippen LogP contribution in [0.15, 0.2) is 36.4 Å². The number of anilines is 1. The molecular formula is C30H45N5O5. The summed E-state index contributed by atoms with van der Waals surface area (Å²) in [6, 6.07) is 10.5. The van der Waals surface area contributed by atoms with Crippen LogP contribution in [0.5, 0.6) is 11.5 Å². The number of hydrogen-bond donors (Lipinski definition) is 3. The Kier molecular flexibility index (Phi) is 12.8. The largest absolute Gasteiger partial charge is 0.497 e. The van der Waals surface area contributed by atoms with Gasteiger partial charge in [0, 0.05) is 44.5 Å². The van der Waals surface area contributed by atoms with E-state index in [1.165, 1.54) is 5.56 Å². The number of carboxylic acids is 1. The molecule has 1 atom stereocenters.